The zero-order valence-electron chi connectivity index (χ0n) is 13.1. The Morgan fingerprint density at radius 3 is 2.76 bits per heavy atom. The van der Waals surface area contributed by atoms with Gasteiger partial charge in [0.05, 0.1) is 17.9 Å². The van der Waals surface area contributed by atoms with Gasteiger partial charge in [0.15, 0.2) is 0 Å². The van der Waals surface area contributed by atoms with Crippen LogP contribution in [0.3, 0.4) is 0 Å². The normalized spacial score (nSPS) is 13.4. The van der Waals surface area contributed by atoms with Crippen LogP contribution in [0.4, 0.5) is 18.9 Å². The van der Waals surface area contributed by atoms with Crippen LogP contribution in [-0.4, -0.2) is 12.5 Å². The SMILES string of the molecule is O=C(C=Cc1ccc2c(c1)CCO2)NNc1ccccc1C(F)(F)F. The van der Waals surface area contributed by atoms with Gasteiger partial charge in [-0.1, -0.05) is 18.2 Å². The second kappa shape index (κ2) is 6.88. The predicted molar refractivity (Wildman–Crippen MR) is 87.9 cm³/mol. The highest BCUT2D eigenvalue weighted by atomic mass is 19.4. The molecule has 0 spiro atoms. The fourth-order valence-electron chi connectivity index (χ4n) is 2.49. The third kappa shape index (κ3) is 4.12. The zero-order valence-corrected chi connectivity index (χ0v) is 13.1. The summed E-state index contributed by atoms with van der Waals surface area (Å²) in [5, 5.41) is 0. The first-order valence-electron chi connectivity index (χ1n) is 7.59. The van der Waals surface area contributed by atoms with Crippen LogP contribution in [0.15, 0.2) is 48.5 Å². The highest BCUT2D eigenvalue weighted by molar-refractivity contribution is 5.92. The molecule has 0 saturated carbocycles. The van der Waals surface area contributed by atoms with Crippen LogP contribution in [0, 0.1) is 0 Å². The number of alkyl halides is 3. The summed E-state index contributed by atoms with van der Waals surface area (Å²) >= 11 is 0. The lowest BCUT2D eigenvalue weighted by atomic mass is 10.1. The maximum atomic E-state index is 12.9. The lowest BCUT2D eigenvalue weighted by Gasteiger charge is -2.14. The maximum Gasteiger partial charge on any atom is 0.418 e. The van der Waals surface area contributed by atoms with Gasteiger partial charge in [0, 0.05) is 12.5 Å². The summed E-state index contributed by atoms with van der Waals surface area (Å²) in [4.78, 5) is 11.8. The average Bonchev–Trinajstić information content (AvgIpc) is 3.05. The van der Waals surface area contributed by atoms with Crippen LogP contribution >= 0.6 is 0 Å². The summed E-state index contributed by atoms with van der Waals surface area (Å²) in [6.45, 7) is 0.644. The number of nitrogens with one attached hydrogen (secondary N) is 2. The minimum absolute atomic E-state index is 0.216. The van der Waals surface area contributed by atoms with Crippen molar-refractivity contribution in [2.45, 2.75) is 12.6 Å². The number of benzene rings is 2. The van der Waals surface area contributed by atoms with Crippen LogP contribution in [0.2, 0.25) is 0 Å². The van der Waals surface area contributed by atoms with Crippen molar-refractivity contribution in [2.24, 2.45) is 0 Å². The van der Waals surface area contributed by atoms with Crippen molar-refractivity contribution in [3.63, 3.8) is 0 Å². The van der Waals surface area contributed by atoms with Gasteiger partial charge in [0.1, 0.15) is 5.75 Å². The molecule has 1 heterocycles. The van der Waals surface area contributed by atoms with Crippen molar-refractivity contribution in [3.8, 4) is 5.75 Å². The molecule has 0 aromatic heterocycles. The third-order valence-corrected chi connectivity index (χ3v) is 3.69. The van der Waals surface area contributed by atoms with Crippen molar-refractivity contribution >= 4 is 17.7 Å². The number of hydrogen-bond donors (Lipinski definition) is 2. The Hall–Kier alpha value is -2.96. The molecular formula is C18H15F3N2O2. The Kier molecular flexibility index (Phi) is 4.65. The summed E-state index contributed by atoms with van der Waals surface area (Å²) in [7, 11) is 0. The Bertz CT molecular complexity index is 816. The van der Waals surface area contributed by atoms with E-state index < -0.39 is 17.6 Å². The van der Waals surface area contributed by atoms with Gasteiger partial charge in [-0.15, -0.1) is 0 Å². The highest BCUT2D eigenvalue weighted by Crippen LogP contribution is 2.34. The Morgan fingerprint density at radius 2 is 1.96 bits per heavy atom. The average molecular weight is 348 g/mol. The summed E-state index contributed by atoms with van der Waals surface area (Å²) in [6.07, 6.45) is -0.846. The van der Waals surface area contributed by atoms with E-state index in [1.165, 1.54) is 24.3 Å². The fraction of sp³-hybridized carbons (Fsp3) is 0.167. The molecule has 130 valence electrons. The van der Waals surface area contributed by atoms with E-state index in [9.17, 15) is 18.0 Å². The van der Waals surface area contributed by atoms with Crippen molar-refractivity contribution in [1.29, 1.82) is 0 Å². The van der Waals surface area contributed by atoms with Crippen LogP contribution in [-0.2, 0) is 17.4 Å². The predicted octanol–water partition coefficient (Wildman–Crippen LogP) is 3.80. The molecule has 2 N–H and O–H groups in total. The second-order valence-corrected chi connectivity index (χ2v) is 5.46. The van der Waals surface area contributed by atoms with E-state index in [4.69, 9.17) is 4.74 Å². The van der Waals surface area contributed by atoms with E-state index >= 15 is 0 Å². The molecule has 0 radical (unpaired) electrons. The molecule has 1 aliphatic heterocycles. The molecule has 0 aliphatic carbocycles. The fourth-order valence-corrected chi connectivity index (χ4v) is 2.49. The van der Waals surface area contributed by atoms with E-state index in [1.54, 1.807) is 12.1 Å². The van der Waals surface area contributed by atoms with Gasteiger partial charge in [0.25, 0.3) is 5.91 Å². The highest BCUT2D eigenvalue weighted by Gasteiger charge is 2.33. The Labute approximate surface area is 142 Å². The number of hydrazine groups is 1. The van der Waals surface area contributed by atoms with E-state index in [0.29, 0.717) is 6.61 Å². The summed E-state index contributed by atoms with van der Waals surface area (Å²) in [5.74, 6) is 0.278. The molecule has 0 bridgehead atoms. The number of halogens is 3. The quantitative estimate of drug-likeness (QED) is 0.653. The lowest BCUT2D eigenvalue weighted by Crippen LogP contribution is -2.28. The van der Waals surface area contributed by atoms with Gasteiger partial charge in [-0.25, -0.2) is 0 Å². The molecule has 0 unspecified atom stereocenters. The monoisotopic (exact) mass is 348 g/mol. The molecule has 1 amide bonds. The maximum absolute atomic E-state index is 12.9. The lowest BCUT2D eigenvalue weighted by molar-refractivity contribution is -0.137. The number of para-hydroxylation sites is 1. The van der Waals surface area contributed by atoms with Gasteiger partial charge >= 0.3 is 6.18 Å². The summed E-state index contributed by atoms with van der Waals surface area (Å²) in [6, 6.07) is 10.5. The number of rotatable bonds is 4. The number of ether oxygens (including phenoxy) is 1. The number of fused-ring (bicyclic) bond motifs is 1. The van der Waals surface area contributed by atoms with Gasteiger partial charge < -0.3 is 4.74 Å². The van der Waals surface area contributed by atoms with Crippen LogP contribution < -0.4 is 15.6 Å². The van der Waals surface area contributed by atoms with Gasteiger partial charge in [-0.3, -0.25) is 15.6 Å². The van der Waals surface area contributed by atoms with Crippen molar-refractivity contribution in [3.05, 3.63) is 65.2 Å². The van der Waals surface area contributed by atoms with E-state index in [1.807, 2.05) is 12.1 Å². The standard InChI is InChI=1S/C18H15F3N2O2/c19-18(20,21)14-3-1-2-4-15(14)22-23-17(24)8-6-12-5-7-16-13(11-12)9-10-25-16/h1-8,11,22H,9-10H2,(H,23,24). The van der Waals surface area contributed by atoms with Gasteiger partial charge in [0.2, 0.25) is 0 Å². The molecule has 7 heteroatoms. The first-order valence-corrected chi connectivity index (χ1v) is 7.59. The van der Waals surface area contributed by atoms with E-state index in [2.05, 4.69) is 10.9 Å². The van der Waals surface area contributed by atoms with E-state index in [-0.39, 0.29) is 5.69 Å². The van der Waals surface area contributed by atoms with Crippen LogP contribution in [0.25, 0.3) is 6.08 Å². The molecular weight excluding hydrogens is 333 g/mol. The largest absolute Gasteiger partial charge is 0.493 e. The second-order valence-electron chi connectivity index (χ2n) is 5.46. The van der Waals surface area contributed by atoms with Gasteiger partial charge in [-0.2, -0.15) is 13.2 Å². The van der Waals surface area contributed by atoms with Crippen molar-refractivity contribution < 1.29 is 22.7 Å². The number of hydrogen-bond acceptors (Lipinski definition) is 3. The van der Waals surface area contributed by atoms with Crippen LogP contribution in [0.1, 0.15) is 16.7 Å². The number of amides is 1. The van der Waals surface area contributed by atoms with Crippen molar-refractivity contribution in [2.75, 3.05) is 12.0 Å². The molecule has 0 atom stereocenters. The number of carbonyl (C=O) groups is 1. The third-order valence-electron chi connectivity index (χ3n) is 3.69. The van der Waals surface area contributed by atoms with Crippen molar-refractivity contribution in [1.82, 2.24) is 5.43 Å². The topological polar surface area (TPSA) is 50.4 Å². The summed E-state index contributed by atoms with van der Waals surface area (Å²) < 4.78 is 44.0. The first-order chi connectivity index (χ1) is 11.9. The molecule has 25 heavy (non-hydrogen) atoms. The summed E-state index contributed by atoms with van der Waals surface area (Å²) in [5.41, 5.74) is 5.36. The number of carbonyl (C=O) groups excluding carboxylic acids is 1. The minimum atomic E-state index is -4.50. The Morgan fingerprint density at radius 1 is 1.16 bits per heavy atom. The smallest absolute Gasteiger partial charge is 0.418 e. The molecule has 2 aromatic rings. The van der Waals surface area contributed by atoms with E-state index in [0.717, 1.165) is 29.4 Å². The van der Waals surface area contributed by atoms with Gasteiger partial charge in [-0.05, 0) is 41.5 Å². The molecule has 0 saturated heterocycles. The number of anilines is 1. The first kappa shape index (κ1) is 16.9. The minimum Gasteiger partial charge on any atom is -0.493 e. The molecule has 2 aromatic carbocycles. The molecule has 1 aliphatic rings. The molecule has 3 rings (SSSR count). The molecule has 0 fully saturated rings. The molecule has 4 nitrogen and oxygen atoms in total. The zero-order chi connectivity index (χ0) is 17.9. The van der Waals surface area contributed by atoms with Crippen LogP contribution in [0.5, 0.6) is 5.75 Å². The Balaban J connectivity index is 1.62.